The Hall–Kier alpha value is -1.03. The molecule has 1 N–H and O–H groups in total. The van der Waals surface area contributed by atoms with E-state index >= 15 is 0 Å². The highest BCUT2D eigenvalue weighted by atomic mass is 19.1. The quantitative estimate of drug-likeness (QED) is 0.747. The molecule has 0 aliphatic heterocycles. The molecule has 0 radical (unpaired) electrons. The zero-order valence-corrected chi connectivity index (χ0v) is 8.62. The average molecular weight is 217 g/mol. The molecule has 15 heavy (non-hydrogen) atoms. The second-order valence-corrected chi connectivity index (χ2v) is 3.38. The van der Waals surface area contributed by atoms with Gasteiger partial charge in [-0.3, -0.25) is 0 Å². The Morgan fingerprint density at radius 2 is 1.73 bits per heavy atom. The van der Waals surface area contributed by atoms with Gasteiger partial charge >= 0.3 is 0 Å². The molecule has 4 heteroatoms. The maximum Gasteiger partial charge on any atom is 0.133 e. The van der Waals surface area contributed by atoms with E-state index < -0.39 is 17.5 Å². The second kappa shape index (κ2) is 5.75. The Kier molecular flexibility index (Phi) is 4.62. The van der Waals surface area contributed by atoms with Crippen molar-refractivity contribution in [3.05, 3.63) is 35.1 Å². The SMILES string of the molecule is CCCCNCc1c(F)cc(F)cc1F. The molecule has 1 aromatic carbocycles. The van der Waals surface area contributed by atoms with E-state index in [4.69, 9.17) is 0 Å². The molecule has 1 nitrogen and oxygen atoms in total. The summed E-state index contributed by atoms with van der Waals surface area (Å²) in [5.41, 5.74) is -0.104. The molecule has 0 unspecified atom stereocenters. The predicted octanol–water partition coefficient (Wildman–Crippen LogP) is 2.99. The van der Waals surface area contributed by atoms with Gasteiger partial charge in [0.05, 0.1) is 0 Å². The molecule has 0 saturated carbocycles. The summed E-state index contributed by atoms with van der Waals surface area (Å²) >= 11 is 0. The fraction of sp³-hybridized carbons (Fsp3) is 0.455. The van der Waals surface area contributed by atoms with E-state index in [1.165, 1.54) is 0 Å². The van der Waals surface area contributed by atoms with Crippen LogP contribution in [-0.4, -0.2) is 6.54 Å². The van der Waals surface area contributed by atoms with Crippen LogP contribution < -0.4 is 5.32 Å². The van der Waals surface area contributed by atoms with E-state index in [0.29, 0.717) is 18.7 Å². The summed E-state index contributed by atoms with van der Waals surface area (Å²) in [5, 5.41) is 2.90. The van der Waals surface area contributed by atoms with Crippen molar-refractivity contribution in [2.75, 3.05) is 6.54 Å². The summed E-state index contributed by atoms with van der Waals surface area (Å²) in [6, 6.07) is 1.39. The van der Waals surface area contributed by atoms with Crippen molar-refractivity contribution in [2.24, 2.45) is 0 Å². The third-order valence-electron chi connectivity index (χ3n) is 2.11. The van der Waals surface area contributed by atoms with Crippen molar-refractivity contribution in [1.82, 2.24) is 5.32 Å². The summed E-state index contributed by atoms with van der Waals surface area (Å²) in [4.78, 5) is 0. The van der Waals surface area contributed by atoms with Gasteiger partial charge in [0, 0.05) is 24.2 Å². The number of rotatable bonds is 5. The summed E-state index contributed by atoms with van der Waals surface area (Å²) in [7, 11) is 0. The van der Waals surface area contributed by atoms with Gasteiger partial charge in [-0.15, -0.1) is 0 Å². The van der Waals surface area contributed by atoms with Crippen LogP contribution in [0.25, 0.3) is 0 Å². The minimum atomic E-state index is -0.887. The highest BCUT2D eigenvalue weighted by Crippen LogP contribution is 2.14. The van der Waals surface area contributed by atoms with Crippen LogP contribution in [0, 0.1) is 17.5 Å². The molecule has 0 heterocycles. The predicted molar refractivity (Wildman–Crippen MR) is 52.9 cm³/mol. The first-order chi connectivity index (χ1) is 7.15. The normalized spacial score (nSPS) is 10.7. The molecule has 1 aromatic rings. The van der Waals surface area contributed by atoms with Crippen molar-refractivity contribution in [1.29, 1.82) is 0 Å². The van der Waals surface area contributed by atoms with Crippen LogP contribution in [-0.2, 0) is 6.54 Å². The van der Waals surface area contributed by atoms with Crippen LogP contribution in [0.3, 0.4) is 0 Å². The molecular weight excluding hydrogens is 203 g/mol. The first-order valence-electron chi connectivity index (χ1n) is 4.99. The number of halogens is 3. The van der Waals surface area contributed by atoms with Crippen LogP contribution in [0.4, 0.5) is 13.2 Å². The molecule has 0 bridgehead atoms. The van der Waals surface area contributed by atoms with Gasteiger partial charge < -0.3 is 5.32 Å². The van der Waals surface area contributed by atoms with Crippen molar-refractivity contribution >= 4 is 0 Å². The van der Waals surface area contributed by atoms with E-state index in [2.05, 4.69) is 5.32 Å². The van der Waals surface area contributed by atoms with Crippen LogP contribution in [0.1, 0.15) is 25.3 Å². The van der Waals surface area contributed by atoms with E-state index in [-0.39, 0.29) is 12.1 Å². The summed E-state index contributed by atoms with van der Waals surface area (Å²) < 4.78 is 38.8. The van der Waals surface area contributed by atoms with Crippen LogP contribution >= 0.6 is 0 Å². The lowest BCUT2D eigenvalue weighted by molar-refractivity contribution is 0.508. The van der Waals surface area contributed by atoms with Crippen molar-refractivity contribution in [3.8, 4) is 0 Å². The average Bonchev–Trinajstić information content (AvgIpc) is 2.15. The maximum absolute atomic E-state index is 13.1. The Balaban J connectivity index is 2.60. The van der Waals surface area contributed by atoms with Gasteiger partial charge in [0.25, 0.3) is 0 Å². The number of hydrogen-bond donors (Lipinski definition) is 1. The van der Waals surface area contributed by atoms with Gasteiger partial charge in [0.1, 0.15) is 17.5 Å². The lowest BCUT2D eigenvalue weighted by atomic mass is 10.2. The zero-order chi connectivity index (χ0) is 11.3. The molecule has 84 valence electrons. The Bertz CT molecular complexity index is 303. The molecule has 0 amide bonds. The molecule has 0 aromatic heterocycles. The summed E-state index contributed by atoms with van der Waals surface area (Å²) in [6.45, 7) is 2.82. The Labute approximate surface area is 87.3 Å². The minimum absolute atomic E-state index is 0.0952. The number of hydrogen-bond acceptors (Lipinski definition) is 1. The fourth-order valence-corrected chi connectivity index (χ4v) is 1.26. The van der Waals surface area contributed by atoms with E-state index in [0.717, 1.165) is 12.8 Å². The molecule has 0 atom stereocenters. The molecule has 1 rings (SSSR count). The summed E-state index contributed by atoms with van der Waals surface area (Å²) in [5.74, 6) is -2.56. The fourth-order valence-electron chi connectivity index (χ4n) is 1.26. The van der Waals surface area contributed by atoms with E-state index in [9.17, 15) is 13.2 Å². The van der Waals surface area contributed by atoms with E-state index in [1.807, 2.05) is 6.92 Å². The lowest BCUT2D eigenvalue weighted by Crippen LogP contribution is -2.16. The van der Waals surface area contributed by atoms with Crippen molar-refractivity contribution in [3.63, 3.8) is 0 Å². The van der Waals surface area contributed by atoms with Gasteiger partial charge in [-0.1, -0.05) is 13.3 Å². The molecular formula is C11H14F3N. The number of unbranched alkanes of at least 4 members (excludes halogenated alkanes) is 1. The topological polar surface area (TPSA) is 12.0 Å². The standard InChI is InChI=1S/C11H14F3N/c1-2-3-4-15-7-9-10(13)5-8(12)6-11(9)14/h5-6,15H,2-4,7H2,1H3. The van der Waals surface area contributed by atoms with Crippen LogP contribution in [0.15, 0.2) is 12.1 Å². The van der Waals surface area contributed by atoms with E-state index in [1.54, 1.807) is 0 Å². The van der Waals surface area contributed by atoms with Gasteiger partial charge in [-0.05, 0) is 13.0 Å². The zero-order valence-electron chi connectivity index (χ0n) is 8.62. The van der Waals surface area contributed by atoms with Gasteiger partial charge in [0.15, 0.2) is 0 Å². The maximum atomic E-state index is 13.1. The van der Waals surface area contributed by atoms with Gasteiger partial charge in [-0.25, -0.2) is 13.2 Å². The summed E-state index contributed by atoms with van der Waals surface area (Å²) in [6.07, 6.45) is 1.96. The monoisotopic (exact) mass is 217 g/mol. The molecule has 0 saturated heterocycles. The Morgan fingerprint density at radius 1 is 1.13 bits per heavy atom. The third-order valence-corrected chi connectivity index (χ3v) is 2.11. The molecule has 0 spiro atoms. The van der Waals surface area contributed by atoms with Crippen molar-refractivity contribution in [2.45, 2.75) is 26.3 Å². The number of benzene rings is 1. The highest BCUT2D eigenvalue weighted by Gasteiger charge is 2.10. The third kappa shape index (κ3) is 3.55. The van der Waals surface area contributed by atoms with Crippen molar-refractivity contribution < 1.29 is 13.2 Å². The number of nitrogens with one attached hydrogen (secondary N) is 1. The highest BCUT2D eigenvalue weighted by molar-refractivity contribution is 5.20. The Morgan fingerprint density at radius 3 is 2.27 bits per heavy atom. The van der Waals surface area contributed by atoms with Crippen LogP contribution in [0.2, 0.25) is 0 Å². The van der Waals surface area contributed by atoms with Crippen LogP contribution in [0.5, 0.6) is 0 Å². The first-order valence-corrected chi connectivity index (χ1v) is 4.99. The molecule has 0 aliphatic rings. The largest absolute Gasteiger partial charge is 0.312 e. The smallest absolute Gasteiger partial charge is 0.133 e. The minimum Gasteiger partial charge on any atom is -0.312 e. The molecule has 0 aliphatic carbocycles. The molecule has 0 fully saturated rings. The lowest BCUT2D eigenvalue weighted by Gasteiger charge is -2.06. The first kappa shape index (κ1) is 12.0. The second-order valence-electron chi connectivity index (χ2n) is 3.38. The van der Waals surface area contributed by atoms with Gasteiger partial charge in [0.2, 0.25) is 0 Å². The van der Waals surface area contributed by atoms with Gasteiger partial charge in [-0.2, -0.15) is 0 Å².